The van der Waals surface area contributed by atoms with Crippen LogP contribution in [0.2, 0.25) is 0 Å². The summed E-state index contributed by atoms with van der Waals surface area (Å²) in [6.07, 6.45) is 15.1. The van der Waals surface area contributed by atoms with Gasteiger partial charge in [-0.2, -0.15) is 0 Å². The predicted molar refractivity (Wildman–Crippen MR) is 97.7 cm³/mol. The van der Waals surface area contributed by atoms with Crippen LogP contribution >= 0.6 is 0 Å². The minimum Gasteiger partial charge on any atom is -0.464 e. The van der Waals surface area contributed by atoms with Gasteiger partial charge in [0.15, 0.2) is 6.10 Å². The van der Waals surface area contributed by atoms with E-state index >= 15 is 0 Å². The molecule has 3 heteroatoms. The number of esters is 1. The summed E-state index contributed by atoms with van der Waals surface area (Å²) in [5.41, 5.74) is 0. The second-order valence-electron chi connectivity index (χ2n) is 6.44. The Kier molecular flexibility index (Phi) is 17.3. The lowest BCUT2D eigenvalue weighted by Crippen LogP contribution is -2.27. The SMILES string of the molecule is CCCCCCCCOC(=O)C(CCCCCCCC)OCC. The summed E-state index contributed by atoms with van der Waals surface area (Å²) in [5.74, 6) is -0.158. The van der Waals surface area contributed by atoms with E-state index in [1.54, 1.807) is 0 Å². The second-order valence-corrected chi connectivity index (χ2v) is 6.44. The van der Waals surface area contributed by atoms with Gasteiger partial charge in [0.25, 0.3) is 0 Å². The molecule has 0 heterocycles. The third-order valence-corrected chi connectivity index (χ3v) is 4.19. The molecule has 138 valence electrons. The predicted octanol–water partition coefficient (Wildman–Crippen LogP) is 6.05. The van der Waals surface area contributed by atoms with Crippen LogP contribution in [0.15, 0.2) is 0 Å². The zero-order valence-corrected chi connectivity index (χ0v) is 15.9. The van der Waals surface area contributed by atoms with Crippen molar-refractivity contribution in [2.24, 2.45) is 0 Å². The first kappa shape index (κ1) is 22.4. The molecule has 0 fully saturated rings. The molecule has 0 radical (unpaired) electrons. The van der Waals surface area contributed by atoms with Gasteiger partial charge in [-0.25, -0.2) is 4.79 Å². The first-order valence-corrected chi connectivity index (χ1v) is 10.0. The Morgan fingerprint density at radius 3 is 1.83 bits per heavy atom. The molecule has 0 spiro atoms. The van der Waals surface area contributed by atoms with Crippen molar-refractivity contribution < 1.29 is 14.3 Å². The van der Waals surface area contributed by atoms with E-state index in [1.165, 1.54) is 57.8 Å². The monoisotopic (exact) mass is 328 g/mol. The Balaban J connectivity index is 3.70. The van der Waals surface area contributed by atoms with Gasteiger partial charge in [-0.1, -0.05) is 84.5 Å². The Bertz CT molecular complexity index is 253. The molecule has 0 aromatic heterocycles. The molecule has 1 unspecified atom stereocenters. The van der Waals surface area contributed by atoms with E-state index in [2.05, 4.69) is 13.8 Å². The Hall–Kier alpha value is -0.570. The summed E-state index contributed by atoms with van der Waals surface area (Å²) >= 11 is 0. The van der Waals surface area contributed by atoms with E-state index in [1.807, 2.05) is 6.92 Å². The summed E-state index contributed by atoms with van der Waals surface area (Å²) in [6, 6.07) is 0. The smallest absolute Gasteiger partial charge is 0.335 e. The van der Waals surface area contributed by atoms with Gasteiger partial charge in [0.2, 0.25) is 0 Å². The van der Waals surface area contributed by atoms with E-state index in [0.29, 0.717) is 13.2 Å². The molecule has 0 aliphatic carbocycles. The first-order chi connectivity index (χ1) is 11.3. The minimum absolute atomic E-state index is 0.158. The number of unbranched alkanes of at least 4 members (excludes halogenated alkanes) is 10. The first-order valence-electron chi connectivity index (χ1n) is 10.0. The number of rotatable bonds is 17. The third kappa shape index (κ3) is 14.7. The van der Waals surface area contributed by atoms with Crippen molar-refractivity contribution >= 4 is 5.97 Å². The average molecular weight is 329 g/mol. The fourth-order valence-electron chi connectivity index (χ4n) is 2.73. The molecule has 0 saturated heterocycles. The molecule has 0 amide bonds. The molecule has 1 atom stereocenters. The van der Waals surface area contributed by atoms with Crippen LogP contribution in [0.5, 0.6) is 0 Å². The summed E-state index contributed by atoms with van der Waals surface area (Å²) in [5, 5.41) is 0. The zero-order valence-electron chi connectivity index (χ0n) is 15.9. The molecule has 0 aliphatic rings. The average Bonchev–Trinajstić information content (AvgIpc) is 2.56. The third-order valence-electron chi connectivity index (χ3n) is 4.19. The lowest BCUT2D eigenvalue weighted by atomic mass is 10.1. The Labute approximate surface area is 144 Å². The lowest BCUT2D eigenvalue weighted by molar-refractivity contribution is -0.157. The van der Waals surface area contributed by atoms with E-state index in [0.717, 1.165) is 25.7 Å². The highest BCUT2D eigenvalue weighted by molar-refractivity contribution is 5.74. The standard InChI is InChI=1S/C20H40O3/c1-4-7-9-11-13-15-17-19(22-6-3)20(21)23-18-16-14-12-10-8-5-2/h19H,4-18H2,1-3H3. The number of carbonyl (C=O) groups excluding carboxylic acids is 1. The van der Waals surface area contributed by atoms with Crippen LogP contribution in [0, 0.1) is 0 Å². The highest BCUT2D eigenvalue weighted by Crippen LogP contribution is 2.12. The van der Waals surface area contributed by atoms with Gasteiger partial charge in [-0.3, -0.25) is 0 Å². The van der Waals surface area contributed by atoms with Crippen LogP contribution in [0.25, 0.3) is 0 Å². The fourth-order valence-corrected chi connectivity index (χ4v) is 2.73. The van der Waals surface area contributed by atoms with Crippen LogP contribution in [0.4, 0.5) is 0 Å². The van der Waals surface area contributed by atoms with Crippen LogP contribution in [-0.2, 0) is 14.3 Å². The van der Waals surface area contributed by atoms with Crippen LogP contribution in [0.3, 0.4) is 0 Å². The van der Waals surface area contributed by atoms with Gasteiger partial charge >= 0.3 is 5.97 Å². The molecule has 0 saturated carbocycles. The normalized spacial score (nSPS) is 12.3. The van der Waals surface area contributed by atoms with Gasteiger partial charge in [-0.05, 0) is 19.8 Å². The minimum atomic E-state index is -0.355. The van der Waals surface area contributed by atoms with Gasteiger partial charge in [0.1, 0.15) is 0 Å². The molecule has 0 rings (SSSR count). The van der Waals surface area contributed by atoms with E-state index in [-0.39, 0.29) is 12.1 Å². The highest BCUT2D eigenvalue weighted by Gasteiger charge is 2.19. The van der Waals surface area contributed by atoms with Gasteiger partial charge in [-0.15, -0.1) is 0 Å². The van der Waals surface area contributed by atoms with Crippen molar-refractivity contribution in [2.75, 3.05) is 13.2 Å². The Morgan fingerprint density at radius 1 is 0.739 bits per heavy atom. The van der Waals surface area contributed by atoms with Crippen LogP contribution in [-0.4, -0.2) is 25.3 Å². The van der Waals surface area contributed by atoms with Crippen LogP contribution in [0.1, 0.15) is 104 Å². The summed E-state index contributed by atoms with van der Waals surface area (Å²) in [7, 11) is 0. The van der Waals surface area contributed by atoms with Crippen molar-refractivity contribution in [3.8, 4) is 0 Å². The van der Waals surface area contributed by atoms with Gasteiger partial charge in [0.05, 0.1) is 6.61 Å². The number of hydrogen-bond donors (Lipinski definition) is 0. The summed E-state index contributed by atoms with van der Waals surface area (Å²) in [6.45, 7) is 7.51. The largest absolute Gasteiger partial charge is 0.464 e. The maximum atomic E-state index is 12.1. The topological polar surface area (TPSA) is 35.5 Å². The van der Waals surface area contributed by atoms with E-state index in [9.17, 15) is 4.79 Å². The van der Waals surface area contributed by atoms with E-state index in [4.69, 9.17) is 9.47 Å². The summed E-state index contributed by atoms with van der Waals surface area (Å²) < 4.78 is 11.0. The highest BCUT2D eigenvalue weighted by atomic mass is 16.6. The van der Waals surface area contributed by atoms with Gasteiger partial charge in [0, 0.05) is 6.61 Å². The molecular formula is C20H40O3. The second kappa shape index (κ2) is 17.8. The van der Waals surface area contributed by atoms with Crippen molar-refractivity contribution in [1.29, 1.82) is 0 Å². The molecular weight excluding hydrogens is 288 g/mol. The molecule has 23 heavy (non-hydrogen) atoms. The van der Waals surface area contributed by atoms with Gasteiger partial charge < -0.3 is 9.47 Å². The number of hydrogen-bond acceptors (Lipinski definition) is 3. The quantitative estimate of drug-likeness (QED) is 0.241. The maximum Gasteiger partial charge on any atom is 0.335 e. The van der Waals surface area contributed by atoms with Crippen molar-refractivity contribution in [3.05, 3.63) is 0 Å². The van der Waals surface area contributed by atoms with Crippen molar-refractivity contribution in [1.82, 2.24) is 0 Å². The van der Waals surface area contributed by atoms with Crippen molar-refractivity contribution in [2.45, 2.75) is 110 Å². The van der Waals surface area contributed by atoms with Crippen molar-refractivity contribution in [3.63, 3.8) is 0 Å². The van der Waals surface area contributed by atoms with Crippen LogP contribution < -0.4 is 0 Å². The fraction of sp³-hybridized carbons (Fsp3) is 0.950. The molecule has 3 nitrogen and oxygen atoms in total. The number of ether oxygens (including phenoxy) is 2. The molecule has 0 N–H and O–H groups in total. The lowest BCUT2D eigenvalue weighted by Gasteiger charge is -2.16. The zero-order chi connectivity index (χ0) is 17.2. The number of carbonyl (C=O) groups is 1. The summed E-state index contributed by atoms with van der Waals surface area (Å²) in [4.78, 5) is 12.1. The molecule has 0 aliphatic heterocycles. The molecule has 0 aromatic rings. The maximum absolute atomic E-state index is 12.1. The molecule has 0 aromatic carbocycles. The Morgan fingerprint density at radius 2 is 1.26 bits per heavy atom. The van der Waals surface area contributed by atoms with E-state index < -0.39 is 0 Å². The molecule has 0 bridgehead atoms.